The van der Waals surface area contributed by atoms with Crippen LogP contribution in [-0.4, -0.2) is 4.98 Å². The van der Waals surface area contributed by atoms with Gasteiger partial charge < -0.3 is 0 Å². The summed E-state index contributed by atoms with van der Waals surface area (Å²) in [7, 11) is 2.94. The molecule has 0 radical (unpaired) electrons. The average molecular weight is 381 g/mol. The zero-order chi connectivity index (χ0) is 19.1. The van der Waals surface area contributed by atoms with Crippen molar-refractivity contribution in [3.05, 3.63) is 101 Å². The first-order valence-corrected chi connectivity index (χ1v) is 10.2. The lowest BCUT2D eigenvalue weighted by Gasteiger charge is -2.13. The number of hydrogen-bond donors (Lipinski definition) is 0. The van der Waals surface area contributed by atoms with E-state index < -0.39 is 0 Å². The van der Waals surface area contributed by atoms with Crippen LogP contribution in [0.5, 0.6) is 0 Å². The first-order chi connectivity index (χ1) is 13.7. The summed E-state index contributed by atoms with van der Waals surface area (Å²) in [6.07, 6.45) is 1.69. The minimum Gasteiger partial charge on any atom is -0.252 e. The van der Waals surface area contributed by atoms with Crippen molar-refractivity contribution in [1.82, 2.24) is 4.98 Å². The van der Waals surface area contributed by atoms with Crippen LogP contribution in [-0.2, 0) is 12.8 Å². The molecule has 2 aromatic heterocycles. The Morgan fingerprint density at radius 3 is 2.43 bits per heavy atom. The van der Waals surface area contributed by atoms with Gasteiger partial charge in [-0.1, -0.05) is 36.4 Å². The zero-order valence-electron chi connectivity index (χ0n) is 15.9. The molecule has 1 N–H and O–H groups in total. The summed E-state index contributed by atoms with van der Waals surface area (Å²) in [6.45, 7) is 2.21. The Labute approximate surface area is 167 Å². The molecular weight excluding hydrogens is 359 g/mol. The predicted molar refractivity (Wildman–Crippen MR) is 118 cm³/mol. The summed E-state index contributed by atoms with van der Waals surface area (Å²) >= 11 is 0. The van der Waals surface area contributed by atoms with Crippen molar-refractivity contribution in [2.24, 2.45) is 0 Å². The fourth-order valence-electron chi connectivity index (χ4n) is 4.06. The molecule has 8 bridgehead atoms. The lowest BCUT2D eigenvalue weighted by molar-refractivity contribution is -0.376. The van der Waals surface area contributed by atoms with E-state index in [1.807, 2.05) is 0 Å². The lowest BCUT2D eigenvalue weighted by atomic mass is 9.95. The van der Waals surface area contributed by atoms with Gasteiger partial charge in [-0.15, -0.1) is 9.24 Å². The molecule has 0 aliphatic carbocycles. The maximum absolute atomic E-state index is 5.00. The van der Waals surface area contributed by atoms with E-state index in [0.717, 1.165) is 29.9 Å². The fraction of sp³-hybridized carbons (Fsp3) is 0.120. The number of fused-ring (bicyclic) bond motifs is 10. The second kappa shape index (κ2) is 6.96. The van der Waals surface area contributed by atoms with Crippen LogP contribution in [0.1, 0.15) is 28.1 Å². The smallest absolute Gasteiger partial charge is 0.211 e. The molecule has 28 heavy (non-hydrogen) atoms. The van der Waals surface area contributed by atoms with Crippen LogP contribution in [0.15, 0.2) is 72.8 Å². The van der Waals surface area contributed by atoms with Crippen LogP contribution in [0, 0.1) is 6.92 Å². The second-order valence-corrected chi connectivity index (χ2v) is 8.00. The van der Waals surface area contributed by atoms with Gasteiger partial charge in [0.2, 0.25) is 5.69 Å². The summed E-state index contributed by atoms with van der Waals surface area (Å²) in [5, 5.41) is 1.23. The Kier molecular flexibility index (Phi) is 4.30. The number of rotatable bonds is 0. The topological polar surface area (TPSA) is 27.0 Å². The summed E-state index contributed by atoms with van der Waals surface area (Å²) in [6, 6.07) is 25.9. The average Bonchev–Trinajstić information content (AvgIpc) is 2.71. The molecule has 0 amide bonds. The van der Waals surface area contributed by atoms with Crippen molar-refractivity contribution in [3.63, 3.8) is 0 Å². The molecule has 3 heteroatoms. The lowest BCUT2D eigenvalue weighted by Crippen LogP contribution is -2.18. The van der Waals surface area contributed by atoms with E-state index in [2.05, 4.69) is 93.9 Å². The molecule has 1 aliphatic rings. The molecule has 0 fully saturated rings. The molecule has 136 valence electrons. The molecule has 2 nitrogen and oxygen atoms in total. The highest BCUT2D eigenvalue weighted by molar-refractivity contribution is 7.28. The van der Waals surface area contributed by atoms with Gasteiger partial charge >= 0.3 is 0 Å². The molecular formula is C25H22N2P+. The van der Waals surface area contributed by atoms with Crippen molar-refractivity contribution >= 4 is 14.5 Å². The maximum Gasteiger partial charge on any atom is 0.211 e. The Balaban J connectivity index is 1.79. The molecule has 0 spiro atoms. The van der Waals surface area contributed by atoms with Crippen molar-refractivity contribution in [1.29, 1.82) is 0 Å². The largest absolute Gasteiger partial charge is 0.252 e. The van der Waals surface area contributed by atoms with Gasteiger partial charge in [-0.05, 0) is 53.2 Å². The SMILES string of the molecule is Cc1c2cccc1-c1cccc(n1)Cc1cccc(c1P)-c1cccc([nH+]1)C2. The van der Waals surface area contributed by atoms with E-state index in [-0.39, 0.29) is 0 Å². The van der Waals surface area contributed by atoms with E-state index in [1.165, 1.54) is 38.8 Å². The third-order valence-corrected chi connectivity index (χ3v) is 6.31. The van der Waals surface area contributed by atoms with Crippen LogP contribution < -0.4 is 10.3 Å². The van der Waals surface area contributed by atoms with Crippen molar-refractivity contribution in [2.75, 3.05) is 0 Å². The van der Waals surface area contributed by atoms with E-state index in [9.17, 15) is 0 Å². The second-order valence-electron chi connectivity index (χ2n) is 7.43. The predicted octanol–water partition coefficient (Wildman–Crippen LogP) is 4.53. The normalized spacial score (nSPS) is 12.4. The molecule has 3 heterocycles. The number of hydrogen-bond acceptors (Lipinski definition) is 1. The van der Waals surface area contributed by atoms with Crippen LogP contribution in [0.3, 0.4) is 0 Å². The zero-order valence-corrected chi connectivity index (χ0v) is 17.0. The van der Waals surface area contributed by atoms with Crippen LogP contribution in [0.2, 0.25) is 0 Å². The molecule has 0 saturated heterocycles. The summed E-state index contributed by atoms with van der Waals surface area (Å²) < 4.78 is 0. The first-order valence-electron chi connectivity index (χ1n) is 9.63. The van der Waals surface area contributed by atoms with Gasteiger partial charge in [-0.2, -0.15) is 0 Å². The van der Waals surface area contributed by atoms with Crippen LogP contribution in [0.25, 0.3) is 22.5 Å². The highest BCUT2D eigenvalue weighted by Crippen LogP contribution is 2.27. The van der Waals surface area contributed by atoms with Gasteiger partial charge in [-0.25, -0.2) is 4.98 Å². The maximum atomic E-state index is 5.00. The molecule has 1 unspecified atom stereocenters. The molecule has 5 rings (SSSR count). The van der Waals surface area contributed by atoms with E-state index in [4.69, 9.17) is 4.98 Å². The standard InChI is InChI=1S/C25H21N2P/c1-16-17-6-2-10-21(16)23-12-4-9-20(26-23)15-18-7-3-11-22(25(18)28)24-13-5-8-19(14-17)27-24/h2-13H,14-15,28H2,1H3/p+1. The van der Waals surface area contributed by atoms with Crippen molar-refractivity contribution in [3.8, 4) is 22.5 Å². The van der Waals surface area contributed by atoms with Gasteiger partial charge in [-0.3, -0.25) is 4.98 Å². The fourth-order valence-corrected chi connectivity index (χ4v) is 4.51. The third-order valence-electron chi connectivity index (χ3n) is 5.62. The monoisotopic (exact) mass is 381 g/mol. The van der Waals surface area contributed by atoms with Crippen molar-refractivity contribution in [2.45, 2.75) is 19.8 Å². The Morgan fingerprint density at radius 2 is 1.54 bits per heavy atom. The molecule has 1 aliphatic heterocycles. The van der Waals surface area contributed by atoms with Gasteiger partial charge in [0, 0.05) is 29.8 Å². The van der Waals surface area contributed by atoms with Gasteiger partial charge in [0.05, 0.1) is 17.7 Å². The Bertz CT molecular complexity index is 1100. The summed E-state index contributed by atoms with van der Waals surface area (Å²) in [4.78, 5) is 8.66. The van der Waals surface area contributed by atoms with Gasteiger partial charge in [0.15, 0.2) is 5.69 Å². The number of nitrogens with zero attached hydrogens (tertiary/aromatic N) is 1. The van der Waals surface area contributed by atoms with E-state index in [1.54, 1.807) is 0 Å². The number of aromatic amines is 1. The number of benzene rings is 2. The van der Waals surface area contributed by atoms with Crippen LogP contribution >= 0.6 is 9.24 Å². The third kappa shape index (κ3) is 3.04. The Morgan fingerprint density at radius 1 is 0.786 bits per heavy atom. The minimum absolute atomic E-state index is 0.818. The number of aromatic nitrogens is 2. The minimum atomic E-state index is 0.818. The molecule has 1 atom stereocenters. The number of nitrogens with one attached hydrogen (secondary N) is 1. The Hall–Kier alpha value is -2.83. The van der Waals surface area contributed by atoms with E-state index in [0.29, 0.717) is 0 Å². The van der Waals surface area contributed by atoms with Crippen LogP contribution in [0.4, 0.5) is 0 Å². The molecule has 4 aromatic rings. The molecule has 2 aromatic carbocycles. The van der Waals surface area contributed by atoms with Gasteiger partial charge in [0.25, 0.3) is 0 Å². The number of H-pyrrole nitrogens is 1. The van der Waals surface area contributed by atoms with Crippen molar-refractivity contribution < 1.29 is 4.98 Å². The summed E-state index contributed by atoms with van der Waals surface area (Å²) in [5.74, 6) is 0. The summed E-state index contributed by atoms with van der Waals surface area (Å²) in [5.41, 5.74) is 10.9. The van der Waals surface area contributed by atoms with Gasteiger partial charge in [0.1, 0.15) is 0 Å². The highest BCUT2D eigenvalue weighted by atomic mass is 31.0. The number of pyridine rings is 2. The highest BCUT2D eigenvalue weighted by Gasteiger charge is 2.17. The molecule has 0 saturated carbocycles. The van der Waals surface area contributed by atoms with E-state index >= 15 is 0 Å². The quantitative estimate of drug-likeness (QED) is 0.362. The first kappa shape index (κ1) is 17.3.